The number of carbonyl (C=O) groups is 2. The topological polar surface area (TPSA) is 77.1 Å². The van der Waals surface area contributed by atoms with Crippen LogP contribution in [0.5, 0.6) is 0 Å². The number of nitrogens with two attached hydrogens (primary N) is 1. The summed E-state index contributed by atoms with van der Waals surface area (Å²) < 4.78 is 2.15. The predicted octanol–water partition coefficient (Wildman–Crippen LogP) is 5.03. The van der Waals surface area contributed by atoms with Gasteiger partial charge in [0.15, 0.2) is 5.78 Å². The van der Waals surface area contributed by atoms with Gasteiger partial charge in [-0.15, -0.1) is 0 Å². The van der Waals surface area contributed by atoms with Crippen LogP contribution in [-0.2, 0) is 6.42 Å². The zero-order valence-electron chi connectivity index (χ0n) is 18.1. The van der Waals surface area contributed by atoms with E-state index in [0.29, 0.717) is 12.0 Å². The molecule has 29 heavy (non-hydrogen) atoms. The first-order chi connectivity index (χ1) is 13.7. The molecule has 0 aliphatic heterocycles. The first kappa shape index (κ1) is 21.2. The van der Waals surface area contributed by atoms with Crippen LogP contribution in [0.3, 0.4) is 0 Å². The third kappa shape index (κ3) is 4.55. The largest absolute Gasteiger partial charge is 0.384 e. The Bertz CT molecular complexity index is 924. The lowest BCUT2D eigenvalue weighted by molar-refractivity contribution is 0.0910. The lowest BCUT2D eigenvalue weighted by Crippen LogP contribution is -2.27. The minimum Gasteiger partial charge on any atom is -0.384 e. The van der Waals surface area contributed by atoms with E-state index in [1.807, 2.05) is 25.1 Å². The normalized spacial score (nSPS) is 15.2. The van der Waals surface area contributed by atoms with Crippen molar-refractivity contribution in [1.29, 1.82) is 0 Å². The number of nitrogens with zero attached hydrogens (tertiary/aromatic N) is 1. The van der Waals surface area contributed by atoms with Crippen molar-refractivity contribution in [3.05, 3.63) is 46.8 Å². The number of unbranched alkanes of at least 4 members (excludes halogenated alkanes) is 3. The van der Waals surface area contributed by atoms with Gasteiger partial charge in [-0.05, 0) is 49.4 Å². The number of nitrogens with one attached hydrogen (secondary N) is 1. The number of amides is 1. The van der Waals surface area contributed by atoms with E-state index < -0.39 is 5.91 Å². The van der Waals surface area contributed by atoms with E-state index in [1.165, 1.54) is 12.8 Å². The molecule has 5 nitrogen and oxygen atoms in total. The van der Waals surface area contributed by atoms with Crippen LogP contribution in [0.25, 0.3) is 5.69 Å². The van der Waals surface area contributed by atoms with Crippen molar-refractivity contribution in [3.63, 3.8) is 0 Å². The van der Waals surface area contributed by atoms with E-state index >= 15 is 0 Å². The molecule has 1 amide bonds. The van der Waals surface area contributed by atoms with Crippen LogP contribution in [-0.4, -0.2) is 22.8 Å². The SMILES string of the molecule is CCCCCCNc1cc(-n2c(C)cc3c2CC(C)(C)CC3=O)ccc1C(N)=O. The maximum Gasteiger partial charge on any atom is 0.250 e. The fourth-order valence-electron chi connectivity index (χ4n) is 4.32. The summed E-state index contributed by atoms with van der Waals surface area (Å²) in [5.74, 6) is -0.226. The summed E-state index contributed by atoms with van der Waals surface area (Å²) in [6.07, 6.45) is 6.04. The molecule has 0 fully saturated rings. The monoisotopic (exact) mass is 395 g/mol. The van der Waals surface area contributed by atoms with Gasteiger partial charge in [-0.2, -0.15) is 0 Å². The highest BCUT2D eigenvalue weighted by Crippen LogP contribution is 2.38. The molecule has 3 rings (SSSR count). The lowest BCUT2D eigenvalue weighted by Gasteiger charge is -2.30. The molecule has 0 radical (unpaired) electrons. The van der Waals surface area contributed by atoms with Crippen molar-refractivity contribution >= 4 is 17.4 Å². The molecule has 0 atom stereocenters. The number of rotatable bonds is 8. The standard InChI is InChI=1S/C24H33N3O2/c1-5-6-7-8-11-26-20-13-17(9-10-18(20)23(25)29)27-16(2)12-19-21(27)14-24(3,4)15-22(19)28/h9-10,12-13,26H,5-8,11,14-15H2,1-4H3,(H2,25,29). The molecule has 0 saturated carbocycles. The summed E-state index contributed by atoms with van der Waals surface area (Å²) in [5, 5.41) is 3.40. The highest BCUT2D eigenvalue weighted by Gasteiger charge is 2.34. The van der Waals surface area contributed by atoms with Crippen LogP contribution < -0.4 is 11.1 Å². The number of aromatic nitrogens is 1. The summed E-state index contributed by atoms with van der Waals surface area (Å²) in [5.41, 5.74) is 10.7. The number of primary amides is 1. The Morgan fingerprint density at radius 2 is 1.93 bits per heavy atom. The molecule has 5 heteroatoms. The minimum absolute atomic E-state index is 0.0554. The molecule has 1 aliphatic rings. The van der Waals surface area contributed by atoms with Crippen LogP contribution in [0.2, 0.25) is 0 Å². The average molecular weight is 396 g/mol. The molecule has 0 spiro atoms. The van der Waals surface area contributed by atoms with E-state index in [2.05, 4.69) is 30.7 Å². The molecule has 0 unspecified atom stereocenters. The van der Waals surface area contributed by atoms with Gasteiger partial charge in [0, 0.05) is 41.3 Å². The number of hydrogen-bond acceptors (Lipinski definition) is 3. The lowest BCUT2D eigenvalue weighted by atomic mass is 9.76. The molecule has 1 aliphatic carbocycles. The fraction of sp³-hybridized carbons (Fsp3) is 0.500. The second-order valence-corrected chi connectivity index (χ2v) is 9.00. The van der Waals surface area contributed by atoms with E-state index in [4.69, 9.17) is 5.73 Å². The number of aryl methyl sites for hydroxylation is 1. The van der Waals surface area contributed by atoms with Crippen LogP contribution in [0.1, 0.15) is 85.0 Å². The predicted molar refractivity (Wildman–Crippen MR) is 118 cm³/mol. The number of benzene rings is 1. The molecule has 0 saturated heterocycles. The van der Waals surface area contributed by atoms with Gasteiger partial charge < -0.3 is 15.6 Å². The van der Waals surface area contributed by atoms with Crippen molar-refractivity contribution in [2.75, 3.05) is 11.9 Å². The maximum atomic E-state index is 12.6. The van der Waals surface area contributed by atoms with E-state index in [0.717, 1.165) is 54.1 Å². The van der Waals surface area contributed by atoms with Crippen LogP contribution >= 0.6 is 0 Å². The zero-order valence-corrected chi connectivity index (χ0v) is 18.1. The smallest absolute Gasteiger partial charge is 0.250 e. The molecule has 0 bridgehead atoms. The van der Waals surface area contributed by atoms with Gasteiger partial charge in [0.1, 0.15) is 0 Å². The minimum atomic E-state index is -0.435. The van der Waals surface area contributed by atoms with E-state index in [9.17, 15) is 9.59 Å². The quantitative estimate of drug-likeness (QED) is 0.615. The first-order valence-electron chi connectivity index (χ1n) is 10.7. The third-order valence-electron chi connectivity index (χ3n) is 5.74. The Labute approximate surface area is 173 Å². The van der Waals surface area contributed by atoms with Crippen molar-refractivity contribution in [2.24, 2.45) is 11.1 Å². The molecule has 1 heterocycles. The Balaban J connectivity index is 1.97. The number of carbonyl (C=O) groups excluding carboxylic acids is 2. The number of Topliss-reactive ketones (excluding diaryl/α,β-unsaturated/α-hetero) is 1. The highest BCUT2D eigenvalue weighted by molar-refractivity contribution is 6.00. The Hall–Kier alpha value is -2.56. The van der Waals surface area contributed by atoms with Gasteiger partial charge in [0.05, 0.1) is 5.56 Å². The number of hydrogen-bond donors (Lipinski definition) is 2. The summed E-state index contributed by atoms with van der Waals surface area (Å²) >= 11 is 0. The molecule has 3 N–H and O–H groups in total. The first-order valence-corrected chi connectivity index (χ1v) is 10.7. The van der Waals surface area contributed by atoms with Crippen molar-refractivity contribution in [2.45, 2.75) is 66.2 Å². The molecule has 2 aromatic rings. The van der Waals surface area contributed by atoms with Crippen LogP contribution in [0, 0.1) is 12.3 Å². The summed E-state index contributed by atoms with van der Waals surface area (Å²) in [6, 6.07) is 7.68. The second-order valence-electron chi connectivity index (χ2n) is 9.00. The van der Waals surface area contributed by atoms with Crippen molar-refractivity contribution in [3.8, 4) is 5.69 Å². The van der Waals surface area contributed by atoms with Gasteiger partial charge >= 0.3 is 0 Å². The molecular weight excluding hydrogens is 362 g/mol. The molecule has 1 aromatic heterocycles. The van der Waals surface area contributed by atoms with Gasteiger partial charge in [-0.3, -0.25) is 9.59 Å². The van der Waals surface area contributed by atoms with Crippen LogP contribution in [0.15, 0.2) is 24.3 Å². The van der Waals surface area contributed by atoms with Crippen molar-refractivity contribution in [1.82, 2.24) is 4.57 Å². The van der Waals surface area contributed by atoms with Gasteiger partial charge in [0.25, 0.3) is 5.91 Å². The second kappa shape index (κ2) is 8.44. The van der Waals surface area contributed by atoms with E-state index in [-0.39, 0.29) is 11.2 Å². The van der Waals surface area contributed by atoms with Gasteiger partial charge in [-0.1, -0.05) is 40.0 Å². The van der Waals surface area contributed by atoms with Crippen molar-refractivity contribution < 1.29 is 9.59 Å². The Morgan fingerprint density at radius 3 is 2.62 bits per heavy atom. The van der Waals surface area contributed by atoms with E-state index in [1.54, 1.807) is 6.07 Å². The molecule has 1 aromatic carbocycles. The van der Waals surface area contributed by atoms with Gasteiger partial charge in [-0.25, -0.2) is 0 Å². The average Bonchev–Trinajstić information content (AvgIpc) is 2.96. The number of anilines is 1. The molecule has 156 valence electrons. The fourth-order valence-corrected chi connectivity index (χ4v) is 4.32. The highest BCUT2D eigenvalue weighted by atomic mass is 16.1. The molecular formula is C24H33N3O2. The summed E-state index contributed by atoms with van der Waals surface area (Å²) in [6.45, 7) is 9.30. The van der Waals surface area contributed by atoms with Gasteiger partial charge in [0.2, 0.25) is 0 Å². The van der Waals surface area contributed by atoms with Crippen LogP contribution in [0.4, 0.5) is 5.69 Å². The number of ketones is 1. The summed E-state index contributed by atoms with van der Waals surface area (Å²) in [4.78, 5) is 24.6. The zero-order chi connectivity index (χ0) is 21.2. The Kier molecular flexibility index (Phi) is 6.15. The Morgan fingerprint density at radius 1 is 1.17 bits per heavy atom. The maximum absolute atomic E-state index is 12.6. The summed E-state index contributed by atoms with van der Waals surface area (Å²) in [7, 11) is 0. The number of fused-ring (bicyclic) bond motifs is 1. The third-order valence-corrected chi connectivity index (χ3v) is 5.74.